The van der Waals surface area contributed by atoms with Gasteiger partial charge in [-0.3, -0.25) is 4.79 Å². The lowest BCUT2D eigenvalue weighted by Crippen LogP contribution is -2.24. The highest BCUT2D eigenvalue weighted by Gasteiger charge is 2.22. The lowest BCUT2D eigenvalue weighted by Gasteiger charge is -2.16. The molecular weight excluding hydrogens is 168 g/mol. The highest BCUT2D eigenvalue weighted by molar-refractivity contribution is 5.75. The second-order valence-electron chi connectivity index (χ2n) is 4.00. The standard InChI is InChI=1S/C10H20O3/c1-5-6-12-7-8-13-9(11)10(2,3)4/h5-8H2,1-4H3. The van der Waals surface area contributed by atoms with E-state index < -0.39 is 5.41 Å². The number of rotatable bonds is 5. The molecule has 0 bridgehead atoms. The van der Waals surface area contributed by atoms with Crippen LogP contribution in [0.3, 0.4) is 0 Å². The molecule has 0 aromatic rings. The minimum Gasteiger partial charge on any atom is -0.463 e. The van der Waals surface area contributed by atoms with Crippen LogP contribution < -0.4 is 0 Å². The van der Waals surface area contributed by atoms with Crippen molar-refractivity contribution in [3.8, 4) is 0 Å². The summed E-state index contributed by atoms with van der Waals surface area (Å²) in [5.74, 6) is -0.174. The van der Waals surface area contributed by atoms with E-state index in [0.29, 0.717) is 13.2 Å². The first kappa shape index (κ1) is 12.4. The van der Waals surface area contributed by atoms with Crippen LogP contribution in [0, 0.1) is 5.41 Å². The van der Waals surface area contributed by atoms with E-state index in [1.54, 1.807) is 0 Å². The van der Waals surface area contributed by atoms with Crippen LogP contribution in [0.1, 0.15) is 34.1 Å². The summed E-state index contributed by atoms with van der Waals surface area (Å²) in [5.41, 5.74) is -0.412. The van der Waals surface area contributed by atoms with E-state index in [0.717, 1.165) is 13.0 Å². The fraction of sp³-hybridized carbons (Fsp3) is 0.900. The minimum absolute atomic E-state index is 0.174. The molecule has 0 saturated heterocycles. The molecule has 0 aliphatic rings. The predicted octanol–water partition coefficient (Wildman–Crippen LogP) is 2.00. The van der Waals surface area contributed by atoms with Crippen molar-refractivity contribution < 1.29 is 14.3 Å². The van der Waals surface area contributed by atoms with E-state index in [2.05, 4.69) is 0 Å². The SMILES string of the molecule is CCCOCCOC(=O)C(C)(C)C. The van der Waals surface area contributed by atoms with Crippen LogP contribution in [0.4, 0.5) is 0 Å². The summed E-state index contributed by atoms with van der Waals surface area (Å²) in [6.07, 6.45) is 0.993. The van der Waals surface area contributed by atoms with Gasteiger partial charge in [0.25, 0.3) is 0 Å². The van der Waals surface area contributed by atoms with Crippen LogP contribution >= 0.6 is 0 Å². The van der Waals surface area contributed by atoms with E-state index in [4.69, 9.17) is 9.47 Å². The normalized spacial score (nSPS) is 11.4. The highest BCUT2D eigenvalue weighted by Crippen LogP contribution is 2.14. The quantitative estimate of drug-likeness (QED) is 0.489. The summed E-state index contributed by atoms with van der Waals surface area (Å²) >= 11 is 0. The largest absolute Gasteiger partial charge is 0.463 e. The van der Waals surface area contributed by atoms with Crippen molar-refractivity contribution in [1.82, 2.24) is 0 Å². The van der Waals surface area contributed by atoms with Crippen molar-refractivity contribution in [3.63, 3.8) is 0 Å². The van der Waals surface area contributed by atoms with Gasteiger partial charge < -0.3 is 9.47 Å². The molecule has 0 fully saturated rings. The van der Waals surface area contributed by atoms with Crippen molar-refractivity contribution in [3.05, 3.63) is 0 Å². The first-order chi connectivity index (χ1) is 5.98. The molecule has 0 heterocycles. The Morgan fingerprint density at radius 2 is 1.77 bits per heavy atom. The minimum atomic E-state index is -0.412. The first-order valence-electron chi connectivity index (χ1n) is 4.73. The Bertz CT molecular complexity index is 147. The van der Waals surface area contributed by atoms with Crippen LogP contribution in [0.5, 0.6) is 0 Å². The van der Waals surface area contributed by atoms with Crippen molar-refractivity contribution in [2.75, 3.05) is 19.8 Å². The summed E-state index contributed by atoms with van der Waals surface area (Å²) in [4.78, 5) is 11.2. The van der Waals surface area contributed by atoms with Crippen LogP contribution in [-0.4, -0.2) is 25.8 Å². The van der Waals surface area contributed by atoms with Crippen molar-refractivity contribution in [2.24, 2.45) is 5.41 Å². The molecule has 0 N–H and O–H groups in total. The Labute approximate surface area is 80.4 Å². The molecule has 3 nitrogen and oxygen atoms in total. The maximum absolute atomic E-state index is 11.2. The molecule has 0 atom stereocenters. The fourth-order valence-electron chi connectivity index (χ4n) is 0.656. The third kappa shape index (κ3) is 6.58. The maximum Gasteiger partial charge on any atom is 0.311 e. The molecule has 0 amide bonds. The van der Waals surface area contributed by atoms with Gasteiger partial charge in [-0.25, -0.2) is 0 Å². The zero-order valence-corrected chi connectivity index (χ0v) is 9.05. The molecule has 0 radical (unpaired) electrons. The van der Waals surface area contributed by atoms with Gasteiger partial charge in [-0.05, 0) is 27.2 Å². The zero-order valence-electron chi connectivity index (χ0n) is 9.05. The number of ether oxygens (including phenoxy) is 2. The predicted molar refractivity (Wildman–Crippen MR) is 51.5 cm³/mol. The topological polar surface area (TPSA) is 35.5 Å². The molecule has 3 heteroatoms. The summed E-state index contributed by atoms with van der Waals surface area (Å²) < 4.78 is 10.2. The van der Waals surface area contributed by atoms with E-state index in [1.165, 1.54) is 0 Å². The second-order valence-corrected chi connectivity index (χ2v) is 4.00. The molecular formula is C10H20O3. The van der Waals surface area contributed by atoms with Crippen molar-refractivity contribution in [1.29, 1.82) is 0 Å². The summed E-state index contributed by atoms with van der Waals surface area (Å²) in [7, 11) is 0. The van der Waals surface area contributed by atoms with E-state index in [9.17, 15) is 4.79 Å². The van der Waals surface area contributed by atoms with E-state index in [1.807, 2.05) is 27.7 Å². The molecule has 13 heavy (non-hydrogen) atoms. The Morgan fingerprint density at radius 3 is 2.23 bits per heavy atom. The fourth-order valence-corrected chi connectivity index (χ4v) is 0.656. The Kier molecular flexibility index (Phi) is 5.71. The maximum atomic E-state index is 11.2. The molecule has 0 aliphatic heterocycles. The van der Waals surface area contributed by atoms with Gasteiger partial charge in [-0.15, -0.1) is 0 Å². The average molecular weight is 188 g/mol. The Hall–Kier alpha value is -0.570. The van der Waals surface area contributed by atoms with Crippen molar-refractivity contribution >= 4 is 5.97 Å². The van der Waals surface area contributed by atoms with Crippen molar-refractivity contribution in [2.45, 2.75) is 34.1 Å². The van der Waals surface area contributed by atoms with Gasteiger partial charge in [0.05, 0.1) is 12.0 Å². The highest BCUT2D eigenvalue weighted by atomic mass is 16.6. The third-order valence-electron chi connectivity index (χ3n) is 1.42. The number of esters is 1. The van der Waals surface area contributed by atoms with Gasteiger partial charge in [-0.1, -0.05) is 6.92 Å². The van der Waals surface area contributed by atoms with Gasteiger partial charge in [0, 0.05) is 6.61 Å². The average Bonchev–Trinajstić information content (AvgIpc) is 2.02. The van der Waals surface area contributed by atoms with E-state index in [-0.39, 0.29) is 5.97 Å². The number of hydrogen-bond donors (Lipinski definition) is 0. The van der Waals surface area contributed by atoms with Gasteiger partial charge in [-0.2, -0.15) is 0 Å². The number of carbonyl (C=O) groups excluding carboxylic acids is 1. The van der Waals surface area contributed by atoms with Gasteiger partial charge in [0.2, 0.25) is 0 Å². The molecule has 78 valence electrons. The third-order valence-corrected chi connectivity index (χ3v) is 1.42. The lowest BCUT2D eigenvalue weighted by atomic mass is 9.97. The Balaban J connectivity index is 3.38. The van der Waals surface area contributed by atoms with Crippen LogP contribution in [0.15, 0.2) is 0 Å². The molecule has 0 rings (SSSR count). The lowest BCUT2D eigenvalue weighted by molar-refractivity contribution is -0.154. The van der Waals surface area contributed by atoms with Gasteiger partial charge in [0.1, 0.15) is 6.61 Å². The van der Waals surface area contributed by atoms with E-state index >= 15 is 0 Å². The van der Waals surface area contributed by atoms with Crippen LogP contribution in [0.25, 0.3) is 0 Å². The Morgan fingerprint density at radius 1 is 1.15 bits per heavy atom. The molecule has 0 saturated carbocycles. The second kappa shape index (κ2) is 5.97. The summed E-state index contributed by atoms with van der Waals surface area (Å²) in [6, 6.07) is 0. The van der Waals surface area contributed by atoms with Crippen LogP contribution in [-0.2, 0) is 14.3 Å². The summed E-state index contributed by atoms with van der Waals surface area (Å²) in [5, 5.41) is 0. The molecule has 0 aromatic carbocycles. The molecule has 0 unspecified atom stereocenters. The van der Waals surface area contributed by atoms with Crippen LogP contribution in [0.2, 0.25) is 0 Å². The smallest absolute Gasteiger partial charge is 0.311 e. The summed E-state index contributed by atoms with van der Waals surface area (Å²) in [6.45, 7) is 9.13. The molecule has 0 aliphatic carbocycles. The first-order valence-corrected chi connectivity index (χ1v) is 4.73. The zero-order chi connectivity index (χ0) is 10.3. The van der Waals surface area contributed by atoms with Gasteiger partial charge in [0.15, 0.2) is 0 Å². The number of carbonyl (C=O) groups is 1. The van der Waals surface area contributed by atoms with Gasteiger partial charge >= 0.3 is 5.97 Å². The molecule has 0 aromatic heterocycles. The monoisotopic (exact) mass is 188 g/mol. The number of hydrogen-bond acceptors (Lipinski definition) is 3. The molecule has 0 spiro atoms.